The Morgan fingerprint density at radius 1 is 1.28 bits per heavy atom. The number of nitrogens with two attached hydrogens (primary N) is 3. The maximum Gasteiger partial charge on any atom is 0.251 e. The van der Waals surface area contributed by atoms with Gasteiger partial charge in [-0.25, -0.2) is 4.99 Å². The standard InChI is InChI=1S/C11H16N6O/c1-6-3-4-7(9(18)15-2)5-8(6)16-11(14)17-10(12)13/h3-5H,1-2H3,(H,15,18)(H6,12,13,14,16,17). The molecule has 0 bridgehead atoms. The summed E-state index contributed by atoms with van der Waals surface area (Å²) in [5.74, 6) is -0.435. The van der Waals surface area contributed by atoms with E-state index in [0.29, 0.717) is 11.3 Å². The van der Waals surface area contributed by atoms with Crippen molar-refractivity contribution in [3.05, 3.63) is 29.3 Å². The zero-order chi connectivity index (χ0) is 13.7. The Balaban J connectivity index is 3.16. The van der Waals surface area contributed by atoms with Gasteiger partial charge in [-0.2, -0.15) is 4.99 Å². The highest BCUT2D eigenvalue weighted by Crippen LogP contribution is 2.20. The molecule has 7 nitrogen and oxygen atoms in total. The number of hydrogen-bond acceptors (Lipinski definition) is 2. The number of hydrogen-bond donors (Lipinski definition) is 4. The quantitative estimate of drug-likeness (QED) is 0.417. The van der Waals surface area contributed by atoms with Gasteiger partial charge < -0.3 is 22.5 Å². The molecule has 7 heteroatoms. The van der Waals surface area contributed by atoms with Gasteiger partial charge >= 0.3 is 0 Å². The van der Waals surface area contributed by atoms with E-state index >= 15 is 0 Å². The van der Waals surface area contributed by atoms with Gasteiger partial charge in [0.2, 0.25) is 5.96 Å². The van der Waals surface area contributed by atoms with E-state index in [-0.39, 0.29) is 17.8 Å². The van der Waals surface area contributed by atoms with Gasteiger partial charge in [-0.05, 0) is 24.6 Å². The summed E-state index contributed by atoms with van der Waals surface area (Å²) in [5.41, 5.74) is 17.8. The third-order valence-electron chi connectivity index (χ3n) is 2.18. The highest BCUT2D eigenvalue weighted by molar-refractivity contribution is 5.96. The summed E-state index contributed by atoms with van der Waals surface area (Å²) < 4.78 is 0. The van der Waals surface area contributed by atoms with Crippen molar-refractivity contribution in [2.45, 2.75) is 6.92 Å². The van der Waals surface area contributed by atoms with Crippen molar-refractivity contribution >= 4 is 23.5 Å². The minimum absolute atomic E-state index is 0.0628. The van der Waals surface area contributed by atoms with Crippen LogP contribution in [0.2, 0.25) is 0 Å². The topological polar surface area (TPSA) is 132 Å². The van der Waals surface area contributed by atoms with Gasteiger partial charge in [0.25, 0.3) is 5.91 Å². The zero-order valence-corrected chi connectivity index (χ0v) is 10.3. The van der Waals surface area contributed by atoms with Crippen LogP contribution in [-0.4, -0.2) is 24.9 Å². The van der Waals surface area contributed by atoms with Crippen LogP contribution >= 0.6 is 0 Å². The van der Waals surface area contributed by atoms with Crippen LogP contribution in [0, 0.1) is 6.92 Å². The predicted molar refractivity (Wildman–Crippen MR) is 71.7 cm³/mol. The van der Waals surface area contributed by atoms with Crippen molar-refractivity contribution in [1.82, 2.24) is 5.32 Å². The molecule has 0 fully saturated rings. The fraction of sp³-hybridized carbons (Fsp3) is 0.182. The van der Waals surface area contributed by atoms with E-state index in [1.807, 2.05) is 6.92 Å². The Morgan fingerprint density at radius 3 is 2.50 bits per heavy atom. The molecule has 0 spiro atoms. The van der Waals surface area contributed by atoms with Gasteiger partial charge in [0.15, 0.2) is 5.96 Å². The molecule has 0 aliphatic rings. The number of guanidine groups is 2. The highest BCUT2D eigenvalue weighted by Gasteiger charge is 2.06. The lowest BCUT2D eigenvalue weighted by Gasteiger charge is -2.04. The van der Waals surface area contributed by atoms with Crippen LogP contribution in [-0.2, 0) is 0 Å². The molecular weight excluding hydrogens is 232 g/mol. The molecular formula is C11H16N6O. The number of aliphatic imine (C=N–C) groups is 2. The molecule has 18 heavy (non-hydrogen) atoms. The fourth-order valence-corrected chi connectivity index (χ4v) is 1.30. The van der Waals surface area contributed by atoms with Crippen LogP contribution in [0.5, 0.6) is 0 Å². The molecule has 0 saturated carbocycles. The smallest absolute Gasteiger partial charge is 0.251 e. The number of amides is 1. The molecule has 0 heterocycles. The van der Waals surface area contributed by atoms with E-state index in [0.717, 1.165) is 5.56 Å². The number of carbonyl (C=O) groups is 1. The molecule has 96 valence electrons. The van der Waals surface area contributed by atoms with Gasteiger partial charge in [0, 0.05) is 12.6 Å². The minimum Gasteiger partial charge on any atom is -0.370 e. The molecule has 0 unspecified atom stereocenters. The molecule has 0 aliphatic carbocycles. The Kier molecular flexibility index (Phi) is 4.25. The number of aryl methyl sites for hydroxylation is 1. The van der Waals surface area contributed by atoms with Crippen molar-refractivity contribution in [3.8, 4) is 0 Å². The number of nitrogens with one attached hydrogen (secondary N) is 1. The normalized spacial score (nSPS) is 10.9. The number of carbonyl (C=O) groups excluding carboxylic acids is 1. The third-order valence-corrected chi connectivity index (χ3v) is 2.18. The number of nitrogens with zero attached hydrogens (tertiary/aromatic N) is 2. The van der Waals surface area contributed by atoms with E-state index in [1.165, 1.54) is 0 Å². The Bertz CT molecular complexity index is 516. The molecule has 1 amide bonds. The van der Waals surface area contributed by atoms with Gasteiger partial charge in [-0.3, -0.25) is 4.79 Å². The van der Waals surface area contributed by atoms with Crippen molar-refractivity contribution in [2.24, 2.45) is 27.2 Å². The van der Waals surface area contributed by atoms with Gasteiger partial charge in [-0.15, -0.1) is 0 Å². The third kappa shape index (κ3) is 3.48. The maximum atomic E-state index is 11.5. The van der Waals surface area contributed by atoms with E-state index in [2.05, 4.69) is 15.3 Å². The highest BCUT2D eigenvalue weighted by atomic mass is 16.1. The SMILES string of the molecule is CNC(=O)c1ccc(C)c(N=C(N)N=C(N)N)c1. The molecule has 1 aromatic rings. The summed E-state index contributed by atoms with van der Waals surface area (Å²) in [5, 5.41) is 2.53. The van der Waals surface area contributed by atoms with Crippen molar-refractivity contribution in [2.75, 3.05) is 7.05 Å². The molecule has 0 radical (unpaired) electrons. The zero-order valence-electron chi connectivity index (χ0n) is 10.3. The van der Waals surface area contributed by atoms with Gasteiger partial charge in [0.1, 0.15) is 0 Å². The first kappa shape index (κ1) is 13.5. The second-order valence-electron chi connectivity index (χ2n) is 3.59. The van der Waals surface area contributed by atoms with Crippen LogP contribution in [0.3, 0.4) is 0 Å². The summed E-state index contributed by atoms with van der Waals surface area (Å²) in [4.78, 5) is 19.1. The van der Waals surface area contributed by atoms with Crippen LogP contribution in [0.25, 0.3) is 0 Å². The van der Waals surface area contributed by atoms with Crippen LogP contribution in [0.15, 0.2) is 28.2 Å². The summed E-state index contributed by atoms with van der Waals surface area (Å²) in [7, 11) is 1.55. The maximum absolute atomic E-state index is 11.5. The lowest BCUT2D eigenvalue weighted by Crippen LogP contribution is -2.26. The monoisotopic (exact) mass is 248 g/mol. The second kappa shape index (κ2) is 5.67. The molecule has 0 atom stereocenters. The van der Waals surface area contributed by atoms with Crippen molar-refractivity contribution in [3.63, 3.8) is 0 Å². The Labute approximate surface area is 105 Å². The molecule has 0 aromatic heterocycles. The van der Waals surface area contributed by atoms with Crippen LogP contribution in [0.1, 0.15) is 15.9 Å². The number of benzene rings is 1. The van der Waals surface area contributed by atoms with Crippen molar-refractivity contribution < 1.29 is 4.79 Å². The summed E-state index contributed by atoms with van der Waals surface area (Å²) in [6.45, 7) is 1.84. The first-order chi connectivity index (χ1) is 8.43. The van der Waals surface area contributed by atoms with Gasteiger partial charge in [-0.1, -0.05) is 6.07 Å². The summed E-state index contributed by atoms with van der Waals surface area (Å²) in [6.07, 6.45) is 0. The molecule has 7 N–H and O–H groups in total. The summed E-state index contributed by atoms with van der Waals surface area (Å²) >= 11 is 0. The molecule has 0 saturated heterocycles. The minimum atomic E-state index is -0.202. The lowest BCUT2D eigenvalue weighted by molar-refractivity contribution is 0.0963. The average Bonchev–Trinajstić information content (AvgIpc) is 2.30. The average molecular weight is 248 g/mol. The first-order valence-corrected chi connectivity index (χ1v) is 5.20. The van der Waals surface area contributed by atoms with E-state index in [4.69, 9.17) is 17.2 Å². The van der Waals surface area contributed by atoms with E-state index in [1.54, 1.807) is 25.2 Å². The Morgan fingerprint density at radius 2 is 1.94 bits per heavy atom. The van der Waals surface area contributed by atoms with E-state index < -0.39 is 0 Å². The molecule has 1 aromatic carbocycles. The van der Waals surface area contributed by atoms with Crippen LogP contribution < -0.4 is 22.5 Å². The van der Waals surface area contributed by atoms with Crippen LogP contribution in [0.4, 0.5) is 5.69 Å². The molecule has 1 rings (SSSR count). The fourth-order valence-electron chi connectivity index (χ4n) is 1.30. The second-order valence-corrected chi connectivity index (χ2v) is 3.59. The van der Waals surface area contributed by atoms with Gasteiger partial charge in [0.05, 0.1) is 5.69 Å². The van der Waals surface area contributed by atoms with E-state index in [9.17, 15) is 4.79 Å². The van der Waals surface area contributed by atoms with Crippen molar-refractivity contribution in [1.29, 1.82) is 0 Å². The lowest BCUT2D eigenvalue weighted by atomic mass is 10.1. The summed E-state index contributed by atoms with van der Waals surface area (Å²) in [6, 6.07) is 5.08. The number of rotatable bonds is 2. The Hall–Kier alpha value is -2.57. The first-order valence-electron chi connectivity index (χ1n) is 5.20. The molecule has 0 aliphatic heterocycles. The largest absolute Gasteiger partial charge is 0.370 e. The predicted octanol–water partition coefficient (Wildman–Crippen LogP) is -0.426.